The smallest absolute Gasteiger partial charge is 0.0737 e. The zero-order valence-corrected chi connectivity index (χ0v) is 12.2. The van der Waals surface area contributed by atoms with Crippen LogP contribution in [0.4, 0.5) is 5.69 Å². The second-order valence-corrected chi connectivity index (χ2v) is 5.56. The minimum absolute atomic E-state index is 0.585. The van der Waals surface area contributed by atoms with Crippen LogP contribution in [0.3, 0.4) is 0 Å². The molecule has 1 aromatic heterocycles. The second kappa shape index (κ2) is 6.22. The van der Waals surface area contributed by atoms with Crippen LogP contribution in [0.25, 0.3) is 10.9 Å². The molecule has 0 aliphatic rings. The molecule has 2 aromatic rings. The Hall–Kier alpha value is -1.32. The van der Waals surface area contributed by atoms with E-state index in [1.807, 2.05) is 30.5 Å². The van der Waals surface area contributed by atoms with E-state index in [0.717, 1.165) is 24.0 Å². The van der Waals surface area contributed by atoms with E-state index in [1.165, 1.54) is 5.69 Å². The number of rotatable bonds is 5. The first kappa shape index (κ1) is 14.1. The van der Waals surface area contributed by atoms with Gasteiger partial charge in [-0.15, -0.1) is 0 Å². The third-order valence-corrected chi connectivity index (χ3v) is 3.24. The van der Waals surface area contributed by atoms with Crippen molar-refractivity contribution >= 4 is 28.2 Å². The van der Waals surface area contributed by atoms with Crippen LogP contribution in [0.5, 0.6) is 0 Å². The van der Waals surface area contributed by atoms with Crippen LogP contribution in [-0.2, 0) is 0 Å². The molecule has 0 amide bonds. The third-order valence-electron chi connectivity index (χ3n) is 3.01. The maximum atomic E-state index is 6.02. The third kappa shape index (κ3) is 3.37. The summed E-state index contributed by atoms with van der Waals surface area (Å²) in [7, 11) is 0. The molecule has 19 heavy (non-hydrogen) atoms. The molecule has 1 heterocycles. The summed E-state index contributed by atoms with van der Waals surface area (Å²) in [6.45, 7) is 6.90. The summed E-state index contributed by atoms with van der Waals surface area (Å²) in [5.74, 6) is 0.585. The molecule has 0 unspecified atom stereocenters. The zero-order chi connectivity index (χ0) is 13.8. The summed E-state index contributed by atoms with van der Waals surface area (Å²) >= 11 is 6.02. The molecule has 2 N–H and O–H groups in total. The van der Waals surface area contributed by atoms with Crippen molar-refractivity contribution in [2.24, 2.45) is 11.7 Å². The van der Waals surface area contributed by atoms with Crippen molar-refractivity contribution in [1.29, 1.82) is 0 Å². The normalized spacial score (nSPS) is 11.2. The van der Waals surface area contributed by atoms with Crippen molar-refractivity contribution in [2.45, 2.75) is 13.8 Å². The highest BCUT2D eigenvalue weighted by Gasteiger charge is 2.11. The summed E-state index contributed by atoms with van der Waals surface area (Å²) in [6, 6.07) is 7.89. The number of halogens is 1. The van der Waals surface area contributed by atoms with Gasteiger partial charge in [0.25, 0.3) is 0 Å². The number of hydrogen-bond donors (Lipinski definition) is 1. The van der Waals surface area contributed by atoms with E-state index in [2.05, 4.69) is 23.7 Å². The Kier molecular flexibility index (Phi) is 4.61. The van der Waals surface area contributed by atoms with Gasteiger partial charge in [-0.2, -0.15) is 0 Å². The highest BCUT2D eigenvalue weighted by molar-refractivity contribution is 6.31. The predicted molar refractivity (Wildman–Crippen MR) is 82.9 cm³/mol. The second-order valence-electron chi connectivity index (χ2n) is 5.12. The quantitative estimate of drug-likeness (QED) is 0.912. The summed E-state index contributed by atoms with van der Waals surface area (Å²) in [6.07, 6.45) is 1.83. The van der Waals surface area contributed by atoms with Crippen molar-refractivity contribution in [3.8, 4) is 0 Å². The van der Waals surface area contributed by atoms with E-state index in [9.17, 15) is 0 Å². The molecule has 4 heteroatoms. The molecule has 0 aliphatic carbocycles. The maximum Gasteiger partial charge on any atom is 0.0737 e. The van der Waals surface area contributed by atoms with E-state index < -0.39 is 0 Å². The van der Waals surface area contributed by atoms with Crippen LogP contribution in [0.2, 0.25) is 5.02 Å². The lowest BCUT2D eigenvalue weighted by Gasteiger charge is -2.27. The van der Waals surface area contributed by atoms with Gasteiger partial charge in [-0.25, -0.2) is 0 Å². The van der Waals surface area contributed by atoms with Gasteiger partial charge >= 0.3 is 0 Å². The Labute approximate surface area is 119 Å². The lowest BCUT2D eigenvalue weighted by molar-refractivity contribution is 0.613. The molecule has 0 radical (unpaired) electrons. The first-order chi connectivity index (χ1) is 9.11. The van der Waals surface area contributed by atoms with E-state index in [1.54, 1.807) is 0 Å². The van der Waals surface area contributed by atoms with Crippen LogP contribution in [-0.4, -0.2) is 24.6 Å². The van der Waals surface area contributed by atoms with E-state index >= 15 is 0 Å². The molecule has 0 fully saturated rings. The molecule has 0 saturated carbocycles. The topological polar surface area (TPSA) is 42.1 Å². The molecule has 0 aliphatic heterocycles. The van der Waals surface area contributed by atoms with Crippen LogP contribution in [0, 0.1) is 5.92 Å². The molecule has 3 nitrogen and oxygen atoms in total. The van der Waals surface area contributed by atoms with Gasteiger partial charge in [0.2, 0.25) is 0 Å². The molecule has 1 aromatic carbocycles. The molecule has 0 bridgehead atoms. The minimum atomic E-state index is 0.585. The van der Waals surface area contributed by atoms with Gasteiger partial charge in [0.15, 0.2) is 0 Å². The van der Waals surface area contributed by atoms with Crippen LogP contribution < -0.4 is 10.6 Å². The number of benzene rings is 1. The predicted octanol–water partition coefficient (Wildman–Crippen LogP) is 3.31. The Morgan fingerprint density at radius 3 is 2.79 bits per heavy atom. The lowest BCUT2D eigenvalue weighted by Crippen LogP contribution is -2.32. The van der Waals surface area contributed by atoms with Crippen molar-refractivity contribution in [1.82, 2.24) is 4.98 Å². The monoisotopic (exact) mass is 277 g/mol. The molecule has 0 atom stereocenters. The highest BCUT2D eigenvalue weighted by atomic mass is 35.5. The maximum absolute atomic E-state index is 6.02. The van der Waals surface area contributed by atoms with Gasteiger partial charge in [0.1, 0.15) is 0 Å². The van der Waals surface area contributed by atoms with Crippen molar-refractivity contribution in [3.05, 3.63) is 35.5 Å². The molecule has 102 valence electrons. The summed E-state index contributed by atoms with van der Waals surface area (Å²) in [5, 5.41) is 1.84. The number of anilines is 1. The standard InChI is InChI=1S/C15H20ClN3/c1-11(2)10-19(8-6-17)15-5-7-18-14-9-12(16)3-4-13(14)15/h3-5,7,9,11H,6,8,10,17H2,1-2H3. The minimum Gasteiger partial charge on any atom is -0.369 e. The van der Waals surface area contributed by atoms with Gasteiger partial charge in [-0.05, 0) is 30.2 Å². The largest absolute Gasteiger partial charge is 0.369 e. The first-order valence-corrected chi connectivity index (χ1v) is 6.99. The Balaban J connectivity index is 2.46. The van der Waals surface area contributed by atoms with E-state index in [-0.39, 0.29) is 0 Å². The zero-order valence-electron chi connectivity index (χ0n) is 11.4. The molecule has 2 rings (SSSR count). The SMILES string of the molecule is CC(C)CN(CCN)c1ccnc2cc(Cl)ccc12. The van der Waals surface area contributed by atoms with Crippen LogP contribution >= 0.6 is 11.6 Å². The highest BCUT2D eigenvalue weighted by Crippen LogP contribution is 2.27. The average molecular weight is 278 g/mol. The van der Waals surface area contributed by atoms with Crippen LogP contribution in [0.1, 0.15) is 13.8 Å². The number of nitrogens with zero attached hydrogens (tertiary/aromatic N) is 2. The van der Waals surface area contributed by atoms with Gasteiger partial charge in [-0.3, -0.25) is 4.98 Å². The molecule has 0 spiro atoms. The van der Waals surface area contributed by atoms with Gasteiger partial charge < -0.3 is 10.6 Å². The van der Waals surface area contributed by atoms with E-state index in [0.29, 0.717) is 17.5 Å². The molecular weight excluding hydrogens is 258 g/mol. The Bertz CT molecular complexity index is 554. The number of pyridine rings is 1. The lowest BCUT2D eigenvalue weighted by atomic mass is 10.1. The van der Waals surface area contributed by atoms with Crippen molar-refractivity contribution < 1.29 is 0 Å². The number of aromatic nitrogens is 1. The van der Waals surface area contributed by atoms with Gasteiger partial charge in [0, 0.05) is 41.9 Å². The Morgan fingerprint density at radius 1 is 1.32 bits per heavy atom. The Morgan fingerprint density at radius 2 is 2.11 bits per heavy atom. The fourth-order valence-electron chi connectivity index (χ4n) is 2.29. The number of hydrogen-bond acceptors (Lipinski definition) is 3. The van der Waals surface area contributed by atoms with E-state index in [4.69, 9.17) is 17.3 Å². The first-order valence-electron chi connectivity index (χ1n) is 6.61. The van der Waals surface area contributed by atoms with Gasteiger partial charge in [0.05, 0.1) is 5.52 Å². The van der Waals surface area contributed by atoms with Gasteiger partial charge in [-0.1, -0.05) is 25.4 Å². The van der Waals surface area contributed by atoms with Crippen LogP contribution in [0.15, 0.2) is 30.5 Å². The summed E-state index contributed by atoms with van der Waals surface area (Å²) < 4.78 is 0. The fraction of sp³-hybridized carbons (Fsp3) is 0.400. The summed E-state index contributed by atoms with van der Waals surface area (Å²) in [4.78, 5) is 6.70. The number of fused-ring (bicyclic) bond motifs is 1. The average Bonchev–Trinajstić information content (AvgIpc) is 2.36. The fourth-order valence-corrected chi connectivity index (χ4v) is 2.45. The number of nitrogens with two attached hydrogens (primary N) is 1. The molecular formula is C15H20ClN3. The molecule has 0 saturated heterocycles. The van der Waals surface area contributed by atoms with Crippen molar-refractivity contribution in [3.63, 3.8) is 0 Å². The van der Waals surface area contributed by atoms with Crippen molar-refractivity contribution in [2.75, 3.05) is 24.5 Å². The summed E-state index contributed by atoms with van der Waals surface area (Å²) in [5.41, 5.74) is 7.84.